The first kappa shape index (κ1) is 19.9. The third-order valence-electron chi connectivity index (χ3n) is 4.32. The van der Waals surface area contributed by atoms with Crippen LogP contribution in [0, 0.1) is 0 Å². The van der Waals surface area contributed by atoms with Crippen LogP contribution in [0.2, 0.25) is 0 Å². The number of benzene rings is 2. The van der Waals surface area contributed by atoms with Crippen molar-refractivity contribution in [3.8, 4) is 0 Å². The van der Waals surface area contributed by atoms with E-state index in [4.69, 9.17) is 4.42 Å². The summed E-state index contributed by atoms with van der Waals surface area (Å²) in [4.78, 5) is 18.4. The van der Waals surface area contributed by atoms with Gasteiger partial charge in [-0.3, -0.25) is 9.69 Å². The highest BCUT2D eigenvalue weighted by molar-refractivity contribution is 7.22. The molecular weight excluding hydrogens is 413 g/mol. The minimum absolute atomic E-state index is 0.0478. The predicted octanol–water partition coefficient (Wildman–Crippen LogP) is 6.15. The second-order valence-electron chi connectivity index (χ2n) is 6.39. The van der Waals surface area contributed by atoms with Gasteiger partial charge in [0.25, 0.3) is 5.91 Å². The zero-order chi connectivity index (χ0) is 21.1. The number of fused-ring (bicyclic) bond motifs is 1. The number of hydrogen-bond acceptors (Lipinski definition) is 4. The Kier molecular flexibility index (Phi) is 5.41. The van der Waals surface area contributed by atoms with Crippen molar-refractivity contribution in [2.75, 3.05) is 4.90 Å². The van der Waals surface area contributed by atoms with Crippen molar-refractivity contribution in [1.82, 2.24) is 4.98 Å². The van der Waals surface area contributed by atoms with Gasteiger partial charge in [-0.2, -0.15) is 13.2 Å². The number of aromatic nitrogens is 1. The van der Waals surface area contributed by atoms with Crippen LogP contribution in [0.25, 0.3) is 16.3 Å². The third kappa shape index (κ3) is 4.28. The van der Waals surface area contributed by atoms with Crippen LogP contribution in [-0.4, -0.2) is 10.9 Å². The monoisotopic (exact) mass is 428 g/mol. The van der Waals surface area contributed by atoms with Crippen molar-refractivity contribution in [2.45, 2.75) is 12.7 Å². The number of halogens is 3. The Bertz CT molecular complexity index is 1180. The summed E-state index contributed by atoms with van der Waals surface area (Å²) in [5, 5.41) is 0.167. The molecule has 0 N–H and O–H groups in total. The molecule has 2 aromatic heterocycles. The number of para-hydroxylation sites is 1. The van der Waals surface area contributed by atoms with E-state index in [0.717, 1.165) is 23.0 Å². The number of rotatable bonds is 5. The number of anilines is 1. The summed E-state index contributed by atoms with van der Waals surface area (Å²) in [7, 11) is 0. The van der Waals surface area contributed by atoms with Crippen LogP contribution < -0.4 is 4.90 Å². The molecule has 0 bridgehead atoms. The van der Waals surface area contributed by atoms with Crippen molar-refractivity contribution in [1.29, 1.82) is 0 Å². The van der Waals surface area contributed by atoms with Gasteiger partial charge in [0.15, 0.2) is 5.13 Å². The molecule has 0 aliphatic carbocycles. The number of furan rings is 1. The van der Waals surface area contributed by atoms with Gasteiger partial charge in [-0.25, -0.2) is 4.98 Å². The topological polar surface area (TPSA) is 46.3 Å². The smallest absolute Gasteiger partial charge is 0.418 e. The summed E-state index contributed by atoms with van der Waals surface area (Å²) in [5.41, 5.74) is -0.172. The van der Waals surface area contributed by atoms with E-state index >= 15 is 0 Å². The largest absolute Gasteiger partial charge is 0.467 e. The number of thiazole rings is 1. The van der Waals surface area contributed by atoms with Crippen LogP contribution in [0.3, 0.4) is 0 Å². The fourth-order valence-electron chi connectivity index (χ4n) is 2.90. The average Bonchev–Trinajstić information content (AvgIpc) is 3.39. The molecule has 4 nitrogen and oxygen atoms in total. The lowest BCUT2D eigenvalue weighted by Crippen LogP contribution is -2.28. The Morgan fingerprint density at radius 2 is 1.87 bits per heavy atom. The van der Waals surface area contributed by atoms with E-state index in [-0.39, 0.29) is 17.2 Å². The minimum Gasteiger partial charge on any atom is -0.467 e. The molecule has 0 unspecified atom stereocenters. The Balaban J connectivity index is 1.72. The number of hydrogen-bond donors (Lipinski definition) is 0. The normalized spacial score (nSPS) is 12.0. The summed E-state index contributed by atoms with van der Waals surface area (Å²) >= 11 is 1.03. The van der Waals surface area contributed by atoms with Crippen molar-refractivity contribution < 1.29 is 22.4 Å². The minimum atomic E-state index is -4.53. The Morgan fingerprint density at radius 1 is 1.07 bits per heavy atom. The molecule has 4 aromatic rings. The van der Waals surface area contributed by atoms with Crippen molar-refractivity contribution >= 4 is 38.7 Å². The molecule has 0 fully saturated rings. The van der Waals surface area contributed by atoms with Gasteiger partial charge in [0, 0.05) is 6.08 Å². The van der Waals surface area contributed by atoms with E-state index < -0.39 is 17.6 Å². The summed E-state index contributed by atoms with van der Waals surface area (Å²) in [6.45, 7) is 0.0478. The van der Waals surface area contributed by atoms with Gasteiger partial charge in [0.05, 0.1) is 28.6 Å². The standard InChI is InChI=1S/C22H15F3N2O2S/c23-22(24,25)17-9-4-10-18-20(17)26-21(30-18)27(14-16-8-5-13-29-16)19(28)12-11-15-6-2-1-3-7-15/h1-13H,14H2/b12-11+. The first-order valence-corrected chi connectivity index (χ1v) is 9.77. The highest BCUT2D eigenvalue weighted by Gasteiger charge is 2.34. The van der Waals surface area contributed by atoms with Crippen molar-refractivity contribution in [3.63, 3.8) is 0 Å². The molecule has 1 amide bonds. The summed E-state index contributed by atoms with van der Waals surface area (Å²) in [6, 6.07) is 16.5. The molecular formula is C22H15F3N2O2S. The first-order valence-electron chi connectivity index (χ1n) is 8.95. The van der Waals surface area contributed by atoms with Crippen LogP contribution >= 0.6 is 11.3 Å². The van der Waals surface area contributed by atoms with Gasteiger partial charge >= 0.3 is 6.18 Å². The van der Waals surface area contributed by atoms with Gasteiger partial charge in [-0.05, 0) is 35.9 Å². The molecule has 2 aromatic carbocycles. The molecule has 8 heteroatoms. The van der Waals surface area contributed by atoms with E-state index in [0.29, 0.717) is 10.5 Å². The maximum Gasteiger partial charge on any atom is 0.418 e. The number of nitrogens with zero attached hydrogens (tertiary/aromatic N) is 2. The Labute approximate surface area is 173 Å². The molecule has 0 spiro atoms. The number of carbonyl (C=O) groups excluding carboxylic acids is 1. The molecule has 0 radical (unpaired) electrons. The van der Waals surface area contributed by atoms with Crippen LogP contribution in [0.5, 0.6) is 0 Å². The fraction of sp³-hybridized carbons (Fsp3) is 0.0909. The molecule has 2 heterocycles. The highest BCUT2D eigenvalue weighted by Crippen LogP contribution is 2.38. The summed E-state index contributed by atoms with van der Waals surface area (Å²) in [5.74, 6) is 0.0784. The van der Waals surface area contributed by atoms with Crippen LogP contribution in [0.15, 0.2) is 77.4 Å². The van der Waals surface area contributed by atoms with Crippen molar-refractivity contribution in [3.05, 3.63) is 89.9 Å². The van der Waals surface area contributed by atoms with E-state index in [1.165, 1.54) is 23.3 Å². The molecule has 30 heavy (non-hydrogen) atoms. The van der Waals surface area contributed by atoms with E-state index in [2.05, 4.69) is 4.98 Å². The van der Waals surface area contributed by atoms with E-state index in [1.807, 2.05) is 30.3 Å². The Hall–Kier alpha value is -3.39. The van der Waals surface area contributed by atoms with Gasteiger partial charge in [0.1, 0.15) is 5.76 Å². The average molecular weight is 428 g/mol. The summed E-state index contributed by atoms with van der Waals surface area (Å²) < 4.78 is 45.8. The van der Waals surface area contributed by atoms with Gasteiger partial charge in [-0.15, -0.1) is 0 Å². The van der Waals surface area contributed by atoms with Gasteiger partial charge < -0.3 is 4.42 Å². The second-order valence-corrected chi connectivity index (χ2v) is 7.40. The number of amides is 1. The molecule has 4 rings (SSSR count). The van der Waals surface area contributed by atoms with Crippen molar-refractivity contribution in [2.24, 2.45) is 0 Å². The lowest BCUT2D eigenvalue weighted by atomic mass is 10.2. The highest BCUT2D eigenvalue weighted by atomic mass is 32.1. The lowest BCUT2D eigenvalue weighted by Gasteiger charge is -2.16. The zero-order valence-electron chi connectivity index (χ0n) is 15.5. The first-order chi connectivity index (χ1) is 14.4. The second kappa shape index (κ2) is 8.16. The molecule has 0 saturated heterocycles. The Morgan fingerprint density at radius 3 is 2.57 bits per heavy atom. The SMILES string of the molecule is O=C(/C=C/c1ccccc1)N(Cc1ccco1)c1nc2c(C(F)(F)F)cccc2s1. The maximum atomic E-state index is 13.4. The third-order valence-corrected chi connectivity index (χ3v) is 5.37. The molecule has 0 aliphatic rings. The molecule has 0 saturated carbocycles. The molecule has 152 valence electrons. The predicted molar refractivity (Wildman–Crippen MR) is 110 cm³/mol. The zero-order valence-corrected chi connectivity index (χ0v) is 16.3. The van der Waals surface area contributed by atoms with E-state index in [1.54, 1.807) is 24.3 Å². The van der Waals surface area contributed by atoms with Gasteiger partial charge in [-0.1, -0.05) is 47.7 Å². The van der Waals surface area contributed by atoms with Gasteiger partial charge in [0.2, 0.25) is 0 Å². The van der Waals surface area contributed by atoms with Crippen LogP contribution in [0.1, 0.15) is 16.9 Å². The quantitative estimate of drug-likeness (QED) is 0.358. The molecule has 0 aliphatic heterocycles. The molecule has 0 atom stereocenters. The fourth-order valence-corrected chi connectivity index (χ4v) is 3.90. The lowest BCUT2D eigenvalue weighted by molar-refractivity contribution is -0.136. The van der Waals surface area contributed by atoms with Crippen LogP contribution in [0.4, 0.5) is 18.3 Å². The van der Waals surface area contributed by atoms with Crippen LogP contribution in [-0.2, 0) is 17.5 Å². The summed E-state index contributed by atoms with van der Waals surface area (Å²) in [6.07, 6.45) is -0.0488. The number of carbonyl (C=O) groups is 1. The number of alkyl halides is 3. The van der Waals surface area contributed by atoms with E-state index in [9.17, 15) is 18.0 Å². The maximum absolute atomic E-state index is 13.4.